The molecule has 0 saturated carbocycles. The zero-order chi connectivity index (χ0) is 17.0. The van der Waals surface area contributed by atoms with Crippen molar-refractivity contribution in [2.24, 2.45) is 0 Å². The normalized spacial score (nSPS) is 11.3. The third kappa shape index (κ3) is 8.39. The summed E-state index contributed by atoms with van der Waals surface area (Å²) < 4.78 is 30.2. The molecule has 0 unspecified atom stereocenters. The average molecular weight is 337 g/mol. The molecule has 0 aliphatic carbocycles. The van der Waals surface area contributed by atoms with E-state index in [-0.39, 0.29) is 7.26 Å². The van der Waals surface area contributed by atoms with Gasteiger partial charge in [0, 0.05) is 33.9 Å². The number of aromatic carboxylic acids is 2. The van der Waals surface area contributed by atoms with E-state index in [0.717, 1.165) is 6.07 Å². The van der Waals surface area contributed by atoms with Crippen LogP contribution in [-0.4, -0.2) is 61.8 Å². The van der Waals surface area contributed by atoms with Gasteiger partial charge in [0.1, 0.15) is 0 Å². The fourth-order valence-corrected chi connectivity index (χ4v) is 1.55. The standard InChI is InChI=1S/C8H6O7S.C4H12P/c9-7(10)4-1-5(8(11)12)3-6(2-4)16(13,14)15;1-5(2,3)4/h1-3H,(H,9,10)(H,11,12)(H,13,14,15);1-4H3/q;+1. The van der Waals surface area contributed by atoms with E-state index in [0.29, 0.717) is 12.1 Å². The van der Waals surface area contributed by atoms with Crippen LogP contribution >= 0.6 is 7.26 Å². The van der Waals surface area contributed by atoms with E-state index >= 15 is 0 Å². The number of carboxylic acid groups (broad SMARTS) is 2. The van der Waals surface area contributed by atoms with Crippen LogP contribution in [0.3, 0.4) is 0 Å². The Hall–Kier alpha value is -1.50. The molecule has 1 rings (SSSR count). The molecule has 0 amide bonds. The van der Waals surface area contributed by atoms with E-state index < -0.39 is 38.1 Å². The number of benzene rings is 1. The van der Waals surface area contributed by atoms with Crippen LogP contribution in [-0.2, 0) is 10.1 Å². The van der Waals surface area contributed by atoms with E-state index in [4.69, 9.17) is 14.8 Å². The highest BCUT2D eigenvalue weighted by Crippen LogP contribution is 2.40. The Morgan fingerprint density at radius 2 is 1.19 bits per heavy atom. The Bertz CT molecular complexity index is 606. The first-order chi connectivity index (χ1) is 9.21. The molecule has 0 radical (unpaired) electrons. The first-order valence-corrected chi connectivity index (χ1v) is 10.6. The van der Waals surface area contributed by atoms with Crippen LogP contribution in [0.15, 0.2) is 23.1 Å². The maximum Gasteiger partial charge on any atom is 0.335 e. The summed E-state index contributed by atoms with van der Waals surface area (Å²) in [6.45, 7) is 9.19. The molecule has 0 fully saturated rings. The monoisotopic (exact) mass is 337 g/mol. The van der Waals surface area contributed by atoms with Gasteiger partial charge in [0.2, 0.25) is 0 Å². The maximum absolute atomic E-state index is 10.8. The van der Waals surface area contributed by atoms with E-state index in [1.165, 1.54) is 0 Å². The molecule has 0 spiro atoms. The van der Waals surface area contributed by atoms with Gasteiger partial charge in [0.25, 0.3) is 10.1 Å². The Labute approximate surface area is 123 Å². The van der Waals surface area contributed by atoms with Gasteiger partial charge in [-0.25, -0.2) is 9.59 Å². The topological polar surface area (TPSA) is 129 Å². The van der Waals surface area contributed by atoms with Crippen molar-refractivity contribution in [3.63, 3.8) is 0 Å². The molecule has 7 nitrogen and oxygen atoms in total. The molecule has 3 N–H and O–H groups in total. The van der Waals surface area contributed by atoms with Crippen LogP contribution < -0.4 is 0 Å². The molecule has 0 atom stereocenters. The van der Waals surface area contributed by atoms with Crippen LogP contribution in [0.1, 0.15) is 20.7 Å². The van der Waals surface area contributed by atoms with Crippen molar-refractivity contribution in [3.8, 4) is 0 Å². The van der Waals surface area contributed by atoms with Crippen LogP contribution in [0.25, 0.3) is 0 Å². The van der Waals surface area contributed by atoms with E-state index in [1.807, 2.05) is 0 Å². The van der Waals surface area contributed by atoms with E-state index in [9.17, 15) is 18.0 Å². The van der Waals surface area contributed by atoms with Gasteiger partial charge in [0.05, 0.1) is 16.0 Å². The third-order valence-corrected chi connectivity index (χ3v) is 2.53. The molecule has 0 aromatic heterocycles. The van der Waals surface area contributed by atoms with Crippen molar-refractivity contribution in [1.82, 2.24) is 0 Å². The molecule has 9 heteroatoms. The van der Waals surface area contributed by atoms with Gasteiger partial charge in [-0.1, -0.05) is 0 Å². The van der Waals surface area contributed by atoms with Crippen LogP contribution in [0, 0.1) is 0 Å². The molecule has 1 aromatic carbocycles. The Balaban J connectivity index is 0.000000690. The van der Waals surface area contributed by atoms with Crippen molar-refractivity contribution in [1.29, 1.82) is 0 Å². The lowest BCUT2D eigenvalue weighted by Gasteiger charge is -2.02. The van der Waals surface area contributed by atoms with Crippen molar-refractivity contribution >= 4 is 29.3 Å². The fourth-order valence-electron chi connectivity index (χ4n) is 0.995. The predicted octanol–water partition coefficient (Wildman–Crippen LogP) is 1.85. The molecule has 0 aliphatic heterocycles. The molecule has 0 bridgehead atoms. The second kappa shape index (κ2) is 6.98. The highest BCUT2D eigenvalue weighted by molar-refractivity contribution is 7.85. The van der Waals surface area contributed by atoms with Crippen molar-refractivity contribution in [3.05, 3.63) is 29.3 Å². The minimum absolute atomic E-state index is 0.389. The van der Waals surface area contributed by atoms with Crippen LogP contribution in [0.4, 0.5) is 0 Å². The summed E-state index contributed by atoms with van der Waals surface area (Å²) in [5.74, 6) is -2.99. The quantitative estimate of drug-likeness (QED) is 0.567. The number of hydrogen-bond acceptors (Lipinski definition) is 4. The second-order valence-corrected chi connectivity index (χ2v) is 12.3. The summed E-state index contributed by atoms with van der Waals surface area (Å²) in [4.78, 5) is 20.4. The van der Waals surface area contributed by atoms with Gasteiger partial charge in [-0.05, 0) is 18.2 Å². The lowest BCUT2D eigenvalue weighted by atomic mass is 10.1. The molecule has 0 heterocycles. The summed E-state index contributed by atoms with van der Waals surface area (Å²) in [5, 5.41) is 17.2. The number of hydrogen-bond donors (Lipinski definition) is 3. The maximum atomic E-state index is 10.8. The average Bonchev–Trinajstić information content (AvgIpc) is 2.24. The molecule has 21 heavy (non-hydrogen) atoms. The molecule has 0 saturated heterocycles. The number of carboxylic acids is 2. The molecule has 1 aromatic rings. The molecule has 0 aliphatic rings. The summed E-state index contributed by atoms with van der Waals surface area (Å²) in [5.41, 5.74) is -1.07. The van der Waals surface area contributed by atoms with E-state index in [1.54, 1.807) is 0 Å². The summed E-state index contributed by atoms with van der Waals surface area (Å²) in [6.07, 6.45) is 0. The SMILES string of the molecule is C[P+](C)(C)C.O=C(O)c1cc(C(=O)O)cc(S(=O)(=O)O)c1. The summed E-state index contributed by atoms with van der Waals surface area (Å²) in [7, 11) is -5.03. The summed E-state index contributed by atoms with van der Waals surface area (Å²) in [6, 6.07) is 2.13. The van der Waals surface area contributed by atoms with Gasteiger partial charge in [-0.2, -0.15) is 8.42 Å². The fraction of sp³-hybridized carbons (Fsp3) is 0.333. The Morgan fingerprint density at radius 3 is 1.38 bits per heavy atom. The lowest BCUT2D eigenvalue weighted by molar-refractivity contribution is 0.0696. The molecule has 118 valence electrons. The third-order valence-electron chi connectivity index (χ3n) is 1.70. The van der Waals surface area contributed by atoms with Crippen LogP contribution in [0.2, 0.25) is 0 Å². The van der Waals surface area contributed by atoms with Gasteiger partial charge in [0.15, 0.2) is 0 Å². The Morgan fingerprint density at radius 1 is 0.905 bits per heavy atom. The smallest absolute Gasteiger partial charge is 0.335 e. The highest BCUT2D eigenvalue weighted by Gasteiger charge is 2.17. The summed E-state index contributed by atoms with van der Waals surface area (Å²) >= 11 is 0. The first-order valence-electron chi connectivity index (χ1n) is 5.60. The first kappa shape index (κ1) is 19.5. The lowest BCUT2D eigenvalue weighted by Crippen LogP contribution is -2.07. The highest BCUT2D eigenvalue weighted by atomic mass is 32.2. The zero-order valence-corrected chi connectivity index (χ0v) is 13.8. The zero-order valence-electron chi connectivity index (χ0n) is 12.1. The number of carbonyl (C=O) groups is 2. The van der Waals surface area contributed by atoms with Gasteiger partial charge in [-0.15, -0.1) is 0 Å². The van der Waals surface area contributed by atoms with Gasteiger partial charge in [-0.3, -0.25) is 4.55 Å². The van der Waals surface area contributed by atoms with Gasteiger partial charge >= 0.3 is 11.9 Å². The molecular weight excluding hydrogens is 319 g/mol. The second-order valence-electron chi connectivity index (χ2n) is 5.51. The number of rotatable bonds is 3. The van der Waals surface area contributed by atoms with Crippen LogP contribution in [0.5, 0.6) is 0 Å². The van der Waals surface area contributed by atoms with Crippen molar-refractivity contribution in [2.45, 2.75) is 4.90 Å². The van der Waals surface area contributed by atoms with Crippen molar-refractivity contribution in [2.75, 3.05) is 26.7 Å². The van der Waals surface area contributed by atoms with Crippen molar-refractivity contribution < 1.29 is 32.8 Å². The van der Waals surface area contributed by atoms with Gasteiger partial charge < -0.3 is 10.2 Å². The van der Waals surface area contributed by atoms with E-state index in [2.05, 4.69) is 26.7 Å². The molecular formula is C12H18O7PS+. The predicted molar refractivity (Wildman–Crippen MR) is 80.8 cm³/mol. The minimum atomic E-state index is -4.64. The Kier molecular flexibility index (Phi) is 6.48. The largest absolute Gasteiger partial charge is 0.478 e. The minimum Gasteiger partial charge on any atom is -0.478 e.